The van der Waals surface area contributed by atoms with Crippen molar-refractivity contribution in [2.24, 2.45) is 0 Å². The SMILES string of the molecule is CN(C)C(=O)c1cc2cnc(Nc3ccc(N4CCN(CCOCCOCCOc5cccc6c5C(=O)N(C5CCC(=O)NC5=O)C6=O)CC4)cn3)nc2n1C1CCCC1. The molecule has 1 aliphatic carbocycles. The van der Waals surface area contributed by atoms with Crippen LogP contribution in [0.4, 0.5) is 17.5 Å². The van der Waals surface area contributed by atoms with Gasteiger partial charge in [-0.2, -0.15) is 4.98 Å². The fraction of sp³-hybridized carbons (Fsp3) is 0.476. The highest BCUT2D eigenvalue weighted by Gasteiger charge is 2.46. The summed E-state index contributed by atoms with van der Waals surface area (Å²) in [6.45, 7) is 6.09. The second kappa shape index (κ2) is 18.1. The molecule has 8 rings (SSSR count). The van der Waals surface area contributed by atoms with E-state index < -0.39 is 29.7 Å². The topological polar surface area (TPSA) is 194 Å². The van der Waals surface area contributed by atoms with Crippen molar-refractivity contribution in [3.8, 4) is 5.75 Å². The zero-order chi connectivity index (χ0) is 41.8. The lowest BCUT2D eigenvalue weighted by atomic mass is 10.0. The Balaban J connectivity index is 0.727. The van der Waals surface area contributed by atoms with Gasteiger partial charge in [0.05, 0.1) is 49.4 Å². The molecule has 0 radical (unpaired) electrons. The second-order valence-corrected chi connectivity index (χ2v) is 15.6. The minimum Gasteiger partial charge on any atom is -0.490 e. The summed E-state index contributed by atoms with van der Waals surface area (Å²) in [5.74, 6) is -0.993. The molecule has 2 N–H and O–H groups in total. The predicted molar refractivity (Wildman–Crippen MR) is 219 cm³/mol. The lowest BCUT2D eigenvalue weighted by molar-refractivity contribution is -0.136. The van der Waals surface area contributed by atoms with Crippen molar-refractivity contribution in [2.45, 2.75) is 50.6 Å². The van der Waals surface area contributed by atoms with Crippen molar-refractivity contribution in [2.75, 3.05) is 90.1 Å². The van der Waals surface area contributed by atoms with Gasteiger partial charge in [-0.3, -0.25) is 39.1 Å². The zero-order valence-electron chi connectivity index (χ0n) is 33.9. The average Bonchev–Trinajstić information content (AvgIpc) is 3.97. The van der Waals surface area contributed by atoms with Gasteiger partial charge in [0.25, 0.3) is 17.7 Å². The molecule has 6 heterocycles. The third kappa shape index (κ3) is 8.66. The number of nitrogens with zero attached hydrogens (tertiary/aromatic N) is 8. The molecule has 18 heteroatoms. The van der Waals surface area contributed by atoms with E-state index in [2.05, 4.69) is 41.0 Å². The first-order chi connectivity index (χ1) is 29.2. The molecule has 316 valence electrons. The Hall–Kier alpha value is -5.98. The van der Waals surface area contributed by atoms with Gasteiger partial charge in [0.2, 0.25) is 17.8 Å². The number of hydrogen-bond acceptors (Lipinski definition) is 14. The number of pyridine rings is 1. The number of rotatable bonds is 16. The van der Waals surface area contributed by atoms with Crippen LogP contribution in [-0.4, -0.2) is 150 Å². The van der Waals surface area contributed by atoms with Crippen LogP contribution in [0.3, 0.4) is 0 Å². The van der Waals surface area contributed by atoms with Gasteiger partial charge in [0.1, 0.15) is 35.6 Å². The van der Waals surface area contributed by atoms with Gasteiger partial charge >= 0.3 is 0 Å². The Morgan fingerprint density at radius 1 is 0.883 bits per heavy atom. The van der Waals surface area contributed by atoms with E-state index in [1.807, 2.05) is 18.3 Å². The monoisotopic (exact) mass is 822 g/mol. The molecule has 1 saturated carbocycles. The fourth-order valence-corrected chi connectivity index (χ4v) is 8.32. The highest BCUT2D eigenvalue weighted by atomic mass is 16.5. The van der Waals surface area contributed by atoms with Gasteiger partial charge in [0.15, 0.2) is 0 Å². The molecule has 60 heavy (non-hydrogen) atoms. The maximum atomic E-state index is 13.2. The summed E-state index contributed by atoms with van der Waals surface area (Å²) in [7, 11) is 3.54. The maximum absolute atomic E-state index is 13.2. The van der Waals surface area contributed by atoms with Crippen LogP contribution in [0.5, 0.6) is 5.75 Å². The van der Waals surface area contributed by atoms with Crippen LogP contribution in [0.15, 0.2) is 48.8 Å². The summed E-state index contributed by atoms with van der Waals surface area (Å²) in [6, 6.07) is 9.84. The summed E-state index contributed by atoms with van der Waals surface area (Å²) >= 11 is 0. The highest BCUT2D eigenvalue weighted by Crippen LogP contribution is 2.36. The third-order valence-corrected chi connectivity index (χ3v) is 11.5. The zero-order valence-corrected chi connectivity index (χ0v) is 33.9. The van der Waals surface area contributed by atoms with Gasteiger partial charge < -0.3 is 33.9 Å². The number of amides is 5. The minimum absolute atomic E-state index is 0.0385. The maximum Gasteiger partial charge on any atom is 0.270 e. The van der Waals surface area contributed by atoms with Crippen molar-refractivity contribution < 1.29 is 38.2 Å². The number of nitrogens with one attached hydrogen (secondary N) is 2. The molecule has 0 bridgehead atoms. The molecule has 4 aliphatic rings. The molecular formula is C42H50N10O8. The molecule has 3 aromatic heterocycles. The number of hydrogen-bond donors (Lipinski definition) is 2. The van der Waals surface area contributed by atoms with E-state index in [4.69, 9.17) is 19.2 Å². The van der Waals surface area contributed by atoms with Crippen molar-refractivity contribution in [3.05, 3.63) is 65.6 Å². The summed E-state index contributed by atoms with van der Waals surface area (Å²) in [4.78, 5) is 84.5. The summed E-state index contributed by atoms with van der Waals surface area (Å²) < 4.78 is 19.4. The Morgan fingerprint density at radius 2 is 1.65 bits per heavy atom. The number of piperidine rings is 1. The molecule has 18 nitrogen and oxygen atoms in total. The Labute approximate surface area is 347 Å². The Kier molecular flexibility index (Phi) is 12.3. The number of anilines is 3. The van der Waals surface area contributed by atoms with E-state index >= 15 is 0 Å². The molecule has 1 unspecified atom stereocenters. The first kappa shape index (κ1) is 40.8. The Bertz CT molecular complexity index is 2250. The van der Waals surface area contributed by atoms with Crippen LogP contribution in [0.1, 0.15) is 75.8 Å². The standard InChI is InChI=1S/C42H50N10O8/c1-48(2)40(56)32-24-27-25-44-42(47-37(27)51(32)28-6-3-4-7-28)45-34-12-10-29(26-43-34)50-16-14-49(15-17-50)18-19-58-20-21-59-22-23-60-33-9-5-8-30-36(33)41(57)52(39(30)55)31-11-13-35(53)46-38(31)54/h5,8-10,12,24-26,28,31H,3-4,6-7,11,13-23H2,1-2H3,(H,46,53,54)(H,43,44,45,47). The minimum atomic E-state index is -1.04. The van der Waals surface area contributed by atoms with Crippen LogP contribution in [0.25, 0.3) is 11.0 Å². The van der Waals surface area contributed by atoms with Crippen molar-refractivity contribution in [1.29, 1.82) is 0 Å². The van der Waals surface area contributed by atoms with Crippen molar-refractivity contribution >= 4 is 58.0 Å². The van der Waals surface area contributed by atoms with Gasteiger partial charge in [-0.15, -0.1) is 0 Å². The Morgan fingerprint density at radius 3 is 2.38 bits per heavy atom. The van der Waals surface area contributed by atoms with Gasteiger partial charge in [-0.05, 0) is 49.6 Å². The van der Waals surface area contributed by atoms with E-state index in [0.29, 0.717) is 37.3 Å². The number of fused-ring (bicyclic) bond motifs is 2. The smallest absolute Gasteiger partial charge is 0.270 e. The summed E-state index contributed by atoms with van der Waals surface area (Å²) in [5.41, 5.74) is 2.73. The number of ether oxygens (including phenoxy) is 3. The summed E-state index contributed by atoms with van der Waals surface area (Å²) in [6.07, 6.45) is 8.11. The third-order valence-electron chi connectivity index (χ3n) is 11.5. The quantitative estimate of drug-likeness (QED) is 0.124. The first-order valence-electron chi connectivity index (χ1n) is 20.6. The second-order valence-electron chi connectivity index (χ2n) is 15.6. The number of benzene rings is 1. The van der Waals surface area contributed by atoms with Crippen molar-refractivity contribution in [1.82, 2.24) is 39.5 Å². The van der Waals surface area contributed by atoms with Gasteiger partial charge in [-0.25, -0.2) is 9.97 Å². The lowest BCUT2D eigenvalue weighted by Crippen LogP contribution is -2.54. The number of carbonyl (C=O) groups excluding carboxylic acids is 5. The van der Waals surface area contributed by atoms with E-state index in [1.165, 1.54) is 6.07 Å². The summed E-state index contributed by atoms with van der Waals surface area (Å²) in [5, 5.41) is 6.30. The molecule has 1 atom stereocenters. The number of carbonyl (C=O) groups is 5. The number of aromatic nitrogens is 4. The predicted octanol–water partition coefficient (Wildman–Crippen LogP) is 3.02. The van der Waals surface area contributed by atoms with Crippen LogP contribution in [0.2, 0.25) is 0 Å². The van der Waals surface area contributed by atoms with E-state index in [1.54, 1.807) is 37.3 Å². The van der Waals surface area contributed by atoms with Crippen LogP contribution in [0, 0.1) is 0 Å². The fourth-order valence-electron chi connectivity index (χ4n) is 8.32. The molecular weight excluding hydrogens is 773 g/mol. The van der Waals surface area contributed by atoms with Crippen LogP contribution in [-0.2, 0) is 19.1 Å². The molecule has 0 spiro atoms. The normalized spacial score (nSPS) is 18.7. The molecule has 3 aliphatic heterocycles. The molecule has 3 fully saturated rings. The highest BCUT2D eigenvalue weighted by molar-refractivity contribution is 6.24. The molecule has 2 saturated heterocycles. The lowest BCUT2D eigenvalue weighted by Gasteiger charge is -2.35. The molecule has 1 aromatic carbocycles. The number of imide groups is 2. The van der Waals surface area contributed by atoms with Gasteiger partial charge in [-0.1, -0.05) is 18.9 Å². The van der Waals surface area contributed by atoms with Crippen LogP contribution >= 0.6 is 0 Å². The van der Waals surface area contributed by atoms with Gasteiger partial charge in [0, 0.05) is 70.9 Å². The number of piperazine rings is 1. The largest absolute Gasteiger partial charge is 0.490 e. The van der Waals surface area contributed by atoms with Crippen molar-refractivity contribution in [3.63, 3.8) is 0 Å². The molecule has 5 amide bonds. The first-order valence-corrected chi connectivity index (χ1v) is 20.6. The van der Waals surface area contributed by atoms with Crippen LogP contribution < -0.4 is 20.3 Å². The van der Waals surface area contributed by atoms with E-state index in [-0.39, 0.29) is 54.9 Å². The van der Waals surface area contributed by atoms with E-state index in [9.17, 15) is 24.0 Å². The molecule has 4 aromatic rings. The van der Waals surface area contributed by atoms with E-state index in [0.717, 1.165) is 80.0 Å². The average molecular weight is 823 g/mol.